The number of nitrogens with zero attached hydrogens (tertiary/aromatic N) is 3. The molecule has 0 bridgehead atoms. The molecule has 7 nitrogen and oxygen atoms in total. The van der Waals surface area contributed by atoms with Gasteiger partial charge in [-0.2, -0.15) is 0 Å². The third kappa shape index (κ3) is 2.17. The van der Waals surface area contributed by atoms with Gasteiger partial charge < -0.3 is 10.7 Å². The summed E-state index contributed by atoms with van der Waals surface area (Å²) in [6.07, 6.45) is 0. The molecule has 4 aromatic heterocycles. The molecule has 1 amide bonds. The van der Waals surface area contributed by atoms with Gasteiger partial charge in [0, 0.05) is 0 Å². The zero-order valence-corrected chi connectivity index (χ0v) is 14.1. The van der Waals surface area contributed by atoms with E-state index in [4.69, 9.17) is 5.73 Å². The van der Waals surface area contributed by atoms with Gasteiger partial charge >= 0.3 is 5.69 Å². The molecule has 0 aliphatic heterocycles. The molecule has 0 aliphatic carbocycles. The van der Waals surface area contributed by atoms with Crippen molar-refractivity contribution in [3.63, 3.8) is 0 Å². The maximum Gasteiger partial charge on any atom is 0.333 e. The number of hydrogen-bond donors (Lipinski definition) is 2. The first-order valence-electron chi connectivity index (χ1n) is 6.97. The maximum atomic E-state index is 12.4. The molecule has 4 heterocycles. The number of rotatable bonds is 3. The highest BCUT2D eigenvalue weighted by Gasteiger charge is 2.21. The van der Waals surface area contributed by atoms with Gasteiger partial charge in [-0.25, -0.2) is 19.3 Å². The average molecular weight is 357 g/mol. The fourth-order valence-corrected chi connectivity index (χ4v) is 4.06. The number of carbonyl (C=O) groups is 1. The number of amides is 1. The Morgan fingerprint density at radius 3 is 2.71 bits per heavy atom. The Kier molecular flexibility index (Phi) is 3.32. The van der Waals surface area contributed by atoms with Crippen LogP contribution in [-0.2, 0) is 0 Å². The van der Waals surface area contributed by atoms with E-state index in [1.54, 1.807) is 0 Å². The number of imidazole rings is 1. The smallest absolute Gasteiger partial charge is 0.333 e. The van der Waals surface area contributed by atoms with Crippen molar-refractivity contribution in [3.8, 4) is 15.7 Å². The molecule has 0 atom stereocenters. The van der Waals surface area contributed by atoms with Crippen LogP contribution in [0.25, 0.3) is 26.9 Å². The molecule has 0 spiro atoms. The van der Waals surface area contributed by atoms with E-state index in [2.05, 4.69) is 15.0 Å². The van der Waals surface area contributed by atoms with Crippen LogP contribution in [0.2, 0.25) is 0 Å². The topological polar surface area (TPSA) is 107 Å². The monoisotopic (exact) mass is 357 g/mol. The third-order valence-electron chi connectivity index (χ3n) is 3.56. The van der Waals surface area contributed by atoms with E-state index in [0.29, 0.717) is 16.5 Å². The van der Waals surface area contributed by atoms with E-state index in [1.165, 1.54) is 27.2 Å². The Bertz CT molecular complexity index is 1120. The molecule has 0 aromatic carbocycles. The fraction of sp³-hybridized carbons (Fsp3) is 0.0667. The van der Waals surface area contributed by atoms with E-state index >= 15 is 0 Å². The molecule has 0 aliphatic rings. The molecule has 0 saturated carbocycles. The van der Waals surface area contributed by atoms with Crippen LogP contribution in [0.5, 0.6) is 0 Å². The molecular formula is C15H11N5O2S2. The number of hydrogen-bond acceptors (Lipinski definition) is 6. The van der Waals surface area contributed by atoms with E-state index in [-0.39, 0.29) is 16.9 Å². The van der Waals surface area contributed by atoms with Gasteiger partial charge in [0.25, 0.3) is 5.91 Å². The molecule has 0 fully saturated rings. The normalized spacial score (nSPS) is 11.2. The van der Waals surface area contributed by atoms with Crippen LogP contribution < -0.4 is 11.4 Å². The minimum atomic E-state index is -0.711. The van der Waals surface area contributed by atoms with Crippen molar-refractivity contribution in [2.75, 3.05) is 0 Å². The van der Waals surface area contributed by atoms with E-state index in [9.17, 15) is 9.59 Å². The number of thiophene rings is 2. The number of carbonyl (C=O) groups excluding carboxylic acids is 1. The molecule has 0 radical (unpaired) electrons. The first kappa shape index (κ1) is 14.8. The summed E-state index contributed by atoms with van der Waals surface area (Å²) in [4.78, 5) is 36.5. The Labute approximate surface area is 143 Å². The zero-order chi connectivity index (χ0) is 16.8. The number of nitrogens with one attached hydrogen (secondary N) is 1. The van der Waals surface area contributed by atoms with Gasteiger partial charge in [-0.05, 0) is 41.4 Å². The summed E-state index contributed by atoms with van der Waals surface area (Å²) in [5, 5.41) is 4.49. The van der Waals surface area contributed by atoms with E-state index in [1.807, 2.05) is 35.9 Å². The van der Waals surface area contributed by atoms with Crippen LogP contribution in [-0.4, -0.2) is 25.4 Å². The summed E-state index contributed by atoms with van der Waals surface area (Å²) in [5.74, 6) is -0.328. The number of aromatic amines is 1. The highest BCUT2D eigenvalue weighted by molar-refractivity contribution is 7.13. The number of H-pyrrole nitrogens is 1. The predicted octanol–water partition coefficient (Wildman–Crippen LogP) is 2.31. The van der Waals surface area contributed by atoms with Crippen molar-refractivity contribution in [2.45, 2.75) is 6.92 Å². The number of nitrogens with two attached hydrogens (primary N) is 1. The third-order valence-corrected chi connectivity index (χ3v) is 5.43. The fourth-order valence-electron chi connectivity index (χ4n) is 2.47. The molecule has 9 heteroatoms. The second-order valence-electron chi connectivity index (χ2n) is 5.11. The molecule has 3 N–H and O–H groups in total. The highest BCUT2D eigenvalue weighted by atomic mass is 32.1. The van der Waals surface area contributed by atoms with Crippen LogP contribution in [0.4, 0.5) is 0 Å². The van der Waals surface area contributed by atoms with Gasteiger partial charge in [0.1, 0.15) is 10.5 Å². The molecule has 0 unspecified atom stereocenters. The van der Waals surface area contributed by atoms with Crippen molar-refractivity contribution in [2.24, 2.45) is 5.73 Å². The first-order valence-corrected chi connectivity index (χ1v) is 8.73. The molecular weight excluding hydrogens is 346 g/mol. The standard InChI is InChI=1S/C15H11N5O2S2/c1-7-4-6-24-11(7)13-17-9(12(16)21)10-14(19-13)20(15(22)18-10)8-3-2-5-23-8/h2-6H,1H3,(H2,16,21)(H,18,22). The van der Waals surface area contributed by atoms with Crippen LogP contribution in [0, 0.1) is 6.92 Å². The molecule has 24 heavy (non-hydrogen) atoms. The summed E-state index contributed by atoms with van der Waals surface area (Å²) in [6, 6.07) is 5.59. The van der Waals surface area contributed by atoms with E-state index in [0.717, 1.165) is 10.4 Å². The number of aromatic nitrogens is 4. The summed E-state index contributed by atoms with van der Waals surface area (Å²) < 4.78 is 1.43. The second-order valence-corrected chi connectivity index (χ2v) is 6.95. The summed E-state index contributed by atoms with van der Waals surface area (Å²) in [7, 11) is 0. The quantitative estimate of drug-likeness (QED) is 0.586. The van der Waals surface area contributed by atoms with Crippen molar-refractivity contribution in [1.29, 1.82) is 0 Å². The Hall–Kier alpha value is -2.78. The molecule has 4 rings (SSSR count). The van der Waals surface area contributed by atoms with Crippen LogP contribution >= 0.6 is 22.7 Å². The summed E-state index contributed by atoms with van der Waals surface area (Å²) >= 11 is 2.87. The van der Waals surface area contributed by atoms with Crippen molar-refractivity contribution in [3.05, 3.63) is 50.7 Å². The van der Waals surface area contributed by atoms with Gasteiger partial charge in [0.2, 0.25) is 0 Å². The summed E-state index contributed by atoms with van der Waals surface area (Å²) in [6.45, 7) is 1.94. The predicted molar refractivity (Wildman–Crippen MR) is 93.9 cm³/mol. The van der Waals surface area contributed by atoms with Gasteiger partial charge in [-0.1, -0.05) is 0 Å². The average Bonchev–Trinajstić information content (AvgIpc) is 3.25. The van der Waals surface area contributed by atoms with Gasteiger partial charge in [-0.15, -0.1) is 22.7 Å². The lowest BCUT2D eigenvalue weighted by Crippen LogP contribution is -2.15. The minimum absolute atomic E-state index is 0.00945. The lowest BCUT2D eigenvalue weighted by Gasteiger charge is -2.04. The van der Waals surface area contributed by atoms with Crippen molar-refractivity contribution >= 4 is 39.7 Å². The van der Waals surface area contributed by atoms with E-state index < -0.39 is 5.91 Å². The maximum absolute atomic E-state index is 12.4. The molecule has 0 saturated heterocycles. The highest BCUT2D eigenvalue weighted by Crippen LogP contribution is 2.28. The Morgan fingerprint density at radius 2 is 2.08 bits per heavy atom. The number of aryl methyl sites for hydroxylation is 1. The lowest BCUT2D eigenvalue weighted by atomic mass is 10.2. The molecule has 120 valence electrons. The van der Waals surface area contributed by atoms with Gasteiger partial charge in [0.15, 0.2) is 17.2 Å². The first-order chi connectivity index (χ1) is 11.6. The molecule has 4 aromatic rings. The van der Waals surface area contributed by atoms with Gasteiger partial charge in [-0.3, -0.25) is 4.79 Å². The van der Waals surface area contributed by atoms with Crippen molar-refractivity contribution < 1.29 is 4.79 Å². The Morgan fingerprint density at radius 1 is 1.25 bits per heavy atom. The van der Waals surface area contributed by atoms with Crippen LogP contribution in [0.3, 0.4) is 0 Å². The minimum Gasteiger partial charge on any atom is -0.364 e. The zero-order valence-electron chi connectivity index (χ0n) is 12.4. The Balaban J connectivity index is 2.11. The number of fused-ring (bicyclic) bond motifs is 1. The largest absolute Gasteiger partial charge is 0.364 e. The lowest BCUT2D eigenvalue weighted by molar-refractivity contribution is 0.0997. The summed E-state index contributed by atoms with van der Waals surface area (Å²) in [5.41, 5.74) is 6.67. The SMILES string of the molecule is Cc1ccsc1-c1nc(C(N)=O)c2[nH]c(=O)n(-c3cccs3)c2n1. The van der Waals surface area contributed by atoms with Crippen molar-refractivity contribution in [1.82, 2.24) is 19.5 Å². The number of primary amides is 1. The second kappa shape index (κ2) is 5.39. The van der Waals surface area contributed by atoms with Crippen LogP contribution in [0.15, 0.2) is 33.8 Å². The van der Waals surface area contributed by atoms with Gasteiger partial charge in [0.05, 0.1) is 4.88 Å². The van der Waals surface area contributed by atoms with Crippen LogP contribution in [0.1, 0.15) is 16.1 Å².